The zero-order valence-electron chi connectivity index (χ0n) is 19.0. The third-order valence-electron chi connectivity index (χ3n) is 7.43. The first-order valence-corrected chi connectivity index (χ1v) is 12.1. The van der Waals surface area contributed by atoms with Gasteiger partial charge in [-0.2, -0.15) is 0 Å². The second kappa shape index (κ2) is 8.89. The van der Waals surface area contributed by atoms with Gasteiger partial charge in [0.15, 0.2) is 11.6 Å². The summed E-state index contributed by atoms with van der Waals surface area (Å²) in [6.45, 7) is 4.16. The van der Waals surface area contributed by atoms with Gasteiger partial charge in [0.2, 0.25) is 0 Å². The molecule has 2 N–H and O–H groups in total. The largest absolute Gasteiger partial charge is 0.366 e. The van der Waals surface area contributed by atoms with E-state index in [1.165, 1.54) is 16.7 Å². The average Bonchev–Trinajstić information content (AvgIpc) is 3.19. The fraction of sp³-hybridized carbons (Fsp3) is 0.367. The SMILES string of the molecule is C=C1C=C(C(=O)CCC2=CC3C=C(CC4CCCC(O)(O)C4)C=CC3=C2)C=C2C=CC=CC12. The first-order valence-electron chi connectivity index (χ1n) is 12.1. The maximum Gasteiger partial charge on any atom is 0.163 e. The third-order valence-corrected chi connectivity index (χ3v) is 7.43. The van der Waals surface area contributed by atoms with E-state index in [0.717, 1.165) is 42.4 Å². The van der Waals surface area contributed by atoms with Crippen molar-refractivity contribution in [1.29, 1.82) is 0 Å². The monoisotopic (exact) mass is 440 g/mol. The maximum absolute atomic E-state index is 12.9. The Morgan fingerprint density at radius 1 is 1.03 bits per heavy atom. The molecule has 1 saturated carbocycles. The van der Waals surface area contributed by atoms with Gasteiger partial charge in [0.05, 0.1) is 0 Å². The van der Waals surface area contributed by atoms with Crippen molar-refractivity contribution >= 4 is 5.78 Å². The number of rotatable bonds is 6. The molecule has 5 rings (SSSR count). The number of fused-ring (bicyclic) bond motifs is 2. The standard InChI is InChI=1S/C30H32O3/c1-20-13-27(18-25-6-2-3-7-28(20)25)29(31)11-9-22-15-24-10-8-21(16-26(24)17-22)14-23-5-4-12-30(32,33)19-23/h2-3,6-8,10,13,15-18,23,26,28,32-33H,1,4-5,9,11-12,14,19H2. The Morgan fingerprint density at radius 3 is 2.73 bits per heavy atom. The highest BCUT2D eigenvalue weighted by atomic mass is 16.5. The van der Waals surface area contributed by atoms with E-state index in [-0.39, 0.29) is 17.6 Å². The summed E-state index contributed by atoms with van der Waals surface area (Å²) in [6, 6.07) is 0. The Balaban J connectivity index is 1.19. The minimum absolute atomic E-state index is 0.166. The van der Waals surface area contributed by atoms with Gasteiger partial charge in [-0.1, -0.05) is 72.4 Å². The number of ketones is 1. The molecule has 1 fully saturated rings. The number of Topliss-reactive ketones (excluding diaryl/α,β-unsaturated/α-hetero) is 1. The molecule has 0 saturated heterocycles. The van der Waals surface area contributed by atoms with Crippen molar-refractivity contribution in [2.75, 3.05) is 0 Å². The molecule has 3 nitrogen and oxygen atoms in total. The van der Waals surface area contributed by atoms with Gasteiger partial charge in [0, 0.05) is 36.7 Å². The zero-order valence-corrected chi connectivity index (χ0v) is 19.0. The summed E-state index contributed by atoms with van der Waals surface area (Å²) in [5.74, 6) is -0.549. The number of hydrogen-bond donors (Lipinski definition) is 2. The lowest BCUT2D eigenvalue weighted by molar-refractivity contribution is -0.190. The van der Waals surface area contributed by atoms with Crippen LogP contribution in [0, 0.1) is 17.8 Å². The maximum atomic E-state index is 12.9. The van der Waals surface area contributed by atoms with E-state index >= 15 is 0 Å². The van der Waals surface area contributed by atoms with E-state index in [2.05, 4.69) is 49.1 Å². The Bertz CT molecular complexity index is 1110. The summed E-state index contributed by atoms with van der Waals surface area (Å²) in [5.41, 5.74) is 6.64. The van der Waals surface area contributed by atoms with Gasteiger partial charge < -0.3 is 10.2 Å². The summed E-state index contributed by atoms with van der Waals surface area (Å²) in [7, 11) is 0. The van der Waals surface area contributed by atoms with Crippen molar-refractivity contribution in [3.8, 4) is 0 Å². The van der Waals surface area contributed by atoms with Crippen LogP contribution in [-0.2, 0) is 4.79 Å². The number of allylic oxidation sites excluding steroid dienone is 17. The van der Waals surface area contributed by atoms with E-state index in [9.17, 15) is 15.0 Å². The van der Waals surface area contributed by atoms with Crippen molar-refractivity contribution in [3.05, 3.63) is 107 Å². The summed E-state index contributed by atoms with van der Waals surface area (Å²) >= 11 is 0. The van der Waals surface area contributed by atoms with Crippen molar-refractivity contribution < 1.29 is 15.0 Å². The molecule has 0 heterocycles. The fourth-order valence-corrected chi connectivity index (χ4v) is 5.72. The molecule has 0 aliphatic heterocycles. The molecule has 0 radical (unpaired) electrons. The van der Waals surface area contributed by atoms with Crippen molar-refractivity contribution in [2.24, 2.45) is 17.8 Å². The summed E-state index contributed by atoms with van der Waals surface area (Å²) < 4.78 is 0. The molecular weight excluding hydrogens is 408 g/mol. The molecule has 3 heteroatoms. The molecule has 5 aliphatic rings. The Morgan fingerprint density at radius 2 is 1.88 bits per heavy atom. The van der Waals surface area contributed by atoms with Gasteiger partial charge in [0.1, 0.15) is 0 Å². The highest BCUT2D eigenvalue weighted by Crippen LogP contribution is 2.39. The Kier molecular flexibility index (Phi) is 5.94. The van der Waals surface area contributed by atoms with E-state index in [1.807, 2.05) is 24.3 Å². The quantitative estimate of drug-likeness (QED) is 0.518. The molecule has 0 aromatic carbocycles. The molecule has 0 bridgehead atoms. The lowest BCUT2D eigenvalue weighted by atomic mass is 9.79. The van der Waals surface area contributed by atoms with Crippen LogP contribution in [0.2, 0.25) is 0 Å². The van der Waals surface area contributed by atoms with E-state index in [0.29, 0.717) is 25.2 Å². The first kappa shape index (κ1) is 22.1. The molecule has 33 heavy (non-hydrogen) atoms. The first-order chi connectivity index (χ1) is 15.9. The highest BCUT2D eigenvalue weighted by molar-refractivity contribution is 5.99. The van der Waals surface area contributed by atoms with Crippen LogP contribution in [0.4, 0.5) is 0 Å². The molecule has 3 atom stereocenters. The second-order valence-corrected chi connectivity index (χ2v) is 10.1. The van der Waals surface area contributed by atoms with E-state index in [4.69, 9.17) is 0 Å². The molecule has 0 aromatic heterocycles. The number of aliphatic hydroxyl groups is 2. The predicted molar refractivity (Wildman–Crippen MR) is 132 cm³/mol. The van der Waals surface area contributed by atoms with Crippen LogP contribution in [0.5, 0.6) is 0 Å². The predicted octanol–water partition coefficient (Wildman–Crippen LogP) is 5.74. The van der Waals surface area contributed by atoms with E-state index < -0.39 is 5.79 Å². The van der Waals surface area contributed by atoms with Crippen molar-refractivity contribution in [3.63, 3.8) is 0 Å². The fourth-order valence-electron chi connectivity index (χ4n) is 5.72. The van der Waals surface area contributed by atoms with Crippen LogP contribution in [0.3, 0.4) is 0 Å². The average molecular weight is 441 g/mol. The molecule has 3 unspecified atom stereocenters. The molecule has 0 amide bonds. The molecule has 0 aromatic rings. The van der Waals surface area contributed by atoms with Crippen LogP contribution >= 0.6 is 0 Å². The summed E-state index contributed by atoms with van der Waals surface area (Å²) in [5, 5.41) is 20.0. The highest BCUT2D eigenvalue weighted by Gasteiger charge is 2.32. The van der Waals surface area contributed by atoms with Crippen molar-refractivity contribution in [2.45, 2.75) is 50.7 Å². The van der Waals surface area contributed by atoms with Crippen LogP contribution < -0.4 is 0 Å². The van der Waals surface area contributed by atoms with Gasteiger partial charge in [-0.25, -0.2) is 0 Å². The third kappa shape index (κ3) is 4.95. The zero-order chi connectivity index (χ0) is 23.0. The summed E-state index contributed by atoms with van der Waals surface area (Å²) in [6.07, 6.45) is 28.3. The van der Waals surface area contributed by atoms with Gasteiger partial charge in [-0.15, -0.1) is 0 Å². The molecule has 0 spiro atoms. The smallest absolute Gasteiger partial charge is 0.163 e. The lowest BCUT2D eigenvalue weighted by Crippen LogP contribution is -2.34. The normalized spacial score (nSPS) is 29.5. The number of carbonyl (C=O) groups excluding carboxylic acids is 1. The van der Waals surface area contributed by atoms with Crippen LogP contribution in [0.1, 0.15) is 44.9 Å². The van der Waals surface area contributed by atoms with Gasteiger partial charge in [-0.3, -0.25) is 4.79 Å². The Labute approximate surface area is 196 Å². The topological polar surface area (TPSA) is 57.5 Å². The van der Waals surface area contributed by atoms with Gasteiger partial charge in [-0.05, 0) is 60.5 Å². The van der Waals surface area contributed by atoms with Crippen molar-refractivity contribution in [1.82, 2.24) is 0 Å². The molecule has 170 valence electrons. The second-order valence-electron chi connectivity index (χ2n) is 10.1. The van der Waals surface area contributed by atoms with E-state index in [1.54, 1.807) is 0 Å². The molecular formula is C30H32O3. The Hall–Kier alpha value is -2.75. The van der Waals surface area contributed by atoms with Crippen LogP contribution in [-0.4, -0.2) is 21.8 Å². The number of hydrogen-bond acceptors (Lipinski definition) is 3. The van der Waals surface area contributed by atoms with Crippen LogP contribution in [0.25, 0.3) is 0 Å². The minimum Gasteiger partial charge on any atom is -0.366 e. The van der Waals surface area contributed by atoms with Gasteiger partial charge in [0.25, 0.3) is 0 Å². The van der Waals surface area contributed by atoms with Gasteiger partial charge >= 0.3 is 0 Å². The van der Waals surface area contributed by atoms with Crippen LogP contribution in [0.15, 0.2) is 107 Å². The molecule has 5 aliphatic carbocycles. The lowest BCUT2D eigenvalue weighted by Gasteiger charge is -2.33. The number of carbonyl (C=O) groups is 1. The summed E-state index contributed by atoms with van der Waals surface area (Å²) in [4.78, 5) is 12.9. The minimum atomic E-state index is -1.50.